The van der Waals surface area contributed by atoms with Crippen LogP contribution in [0.15, 0.2) is 41.3 Å². The molecule has 7 heteroatoms. The lowest BCUT2D eigenvalue weighted by Gasteiger charge is -2.08. The van der Waals surface area contributed by atoms with Gasteiger partial charge in [0.2, 0.25) is 0 Å². The molecule has 2 aromatic rings. The van der Waals surface area contributed by atoms with Crippen molar-refractivity contribution in [2.24, 2.45) is 0 Å². The molecule has 0 aliphatic carbocycles. The molecule has 0 atom stereocenters. The van der Waals surface area contributed by atoms with E-state index in [1.54, 1.807) is 6.07 Å². The molecule has 2 aromatic heterocycles. The van der Waals surface area contributed by atoms with Gasteiger partial charge in [0.25, 0.3) is 0 Å². The normalized spacial score (nSPS) is 10.3. The second-order valence-electron chi connectivity index (χ2n) is 4.52. The molecule has 2 rings (SSSR count). The summed E-state index contributed by atoms with van der Waals surface area (Å²) in [5.74, 6) is 0.729. The standard InChI is InChI=1S/C14H16N4O3/c1-2-8-15-13-7-3-5-11(16-13)10-17-9-4-6-12(14(17)19)18(20)21/h3-7,9H,2,8,10H2,1H3,(H,15,16). The summed E-state index contributed by atoms with van der Waals surface area (Å²) >= 11 is 0. The summed E-state index contributed by atoms with van der Waals surface area (Å²) in [6, 6.07) is 8.14. The molecular weight excluding hydrogens is 272 g/mol. The van der Waals surface area contributed by atoms with E-state index < -0.39 is 16.2 Å². The quantitative estimate of drug-likeness (QED) is 0.648. The molecule has 0 spiro atoms. The fourth-order valence-electron chi connectivity index (χ4n) is 1.88. The van der Waals surface area contributed by atoms with Gasteiger partial charge in [-0.2, -0.15) is 0 Å². The minimum absolute atomic E-state index is 0.197. The van der Waals surface area contributed by atoms with E-state index in [-0.39, 0.29) is 6.54 Å². The molecule has 0 amide bonds. The number of hydrogen-bond donors (Lipinski definition) is 1. The lowest BCUT2D eigenvalue weighted by atomic mass is 10.3. The number of hydrogen-bond acceptors (Lipinski definition) is 5. The molecule has 0 bridgehead atoms. The van der Waals surface area contributed by atoms with Gasteiger partial charge >= 0.3 is 11.2 Å². The summed E-state index contributed by atoms with van der Waals surface area (Å²) in [5.41, 5.74) is -0.396. The Bertz CT molecular complexity index is 697. The molecule has 0 fully saturated rings. The maximum atomic E-state index is 11.9. The Morgan fingerprint density at radius 3 is 2.86 bits per heavy atom. The number of nitrogens with zero attached hydrogens (tertiary/aromatic N) is 3. The van der Waals surface area contributed by atoms with Gasteiger partial charge in [-0.05, 0) is 24.6 Å². The van der Waals surface area contributed by atoms with Crippen molar-refractivity contribution in [2.45, 2.75) is 19.9 Å². The van der Waals surface area contributed by atoms with E-state index in [9.17, 15) is 14.9 Å². The van der Waals surface area contributed by atoms with Crippen LogP contribution in [0.5, 0.6) is 0 Å². The van der Waals surface area contributed by atoms with Crippen LogP contribution < -0.4 is 10.9 Å². The van der Waals surface area contributed by atoms with Gasteiger partial charge in [-0.25, -0.2) is 4.98 Å². The SMILES string of the molecule is CCCNc1cccc(Cn2cccc([N+](=O)[O-])c2=O)n1. The Kier molecular flexibility index (Phi) is 4.65. The highest BCUT2D eigenvalue weighted by molar-refractivity contribution is 5.35. The average Bonchev–Trinajstić information content (AvgIpc) is 2.47. The Morgan fingerprint density at radius 2 is 2.14 bits per heavy atom. The van der Waals surface area contributed by atoms with E-state index in [1.165, 1.54) is 22.9 Å². The van der Waals surface area contributed by atoms with E-state index >= 15 is 0 Å². The number of nitro groups is 1. The maximum Gasteiger partial charge on any atom is 0.334 e. The molecule has 0 saturated heterocycles. The lowest BCUT2D eigenvalue weighted by Crippen LogP contribution is -2.22. The summed E-state index contributed by atoms with van der Waals surface area (Å²) in [4.78, 5) is 26.4. The summed E-state index contributed by atoms with van der Waals surface area (Å²) in [5, 5.41) is 13.9. The summed E-state index contributed by atoms with van der Waals surface area (Å²) in [6.45, 7) is 3.06. The predicted molar refractivity (Wildman–Crippen MR) is 79.5 cm³/mol. The zero-order valence-electron chi connectivity index (χ0n) is 11.7. The first-order chi connectivity index (χ1) is 10.1. The van der Waals surface area contributed by atoms with Crippen LogP contribution in [0.3, 0.4) is 0 Å². The Hall–Kier alpha value is -2.70. The van der Waals surface area contributed by atoms with Gasteiger partial charge in [0.05, 0.1) is 17.2 Å². The zero-order chi connectivity index (χ0) is 15.2. The van der Waals surface area contributed by atoms with Crippen LogP contribution in [0.4, 0.5) is 11.5 Å². The van der Waals surface area contributed by atoms with Gasteiger partial charge in [-0.3, -0.25) is 14.9 Å². The fraction of sp³-hybridized carbons (Fsp3) is 0.286. The fourth-order valence-corrected chi connectivity index (χ4v) is 1.88. The smallest absolute Gasteiger partial charge is 0.334 e. The van der Waals surface area contributed by atoms with Crippen molar-refractivity contribution in [1.29, 1.82) is 0 Å². The van der Waals surface area contributed by atoms with Crippen molar-refractivity contribution in [3.8, 4) is 0 Å². The summed E-state index contributed by atoms with van der Waals surface area (Å²) < 4.78 is 1.28. The Labute approximate surface area is 121 Å². The monoisotopic (exact) mass is 288 g/mol. The molecular formula is C14H16N4O3. The molecule has 21 heavy (non-hydrogen) atoms. The van der Waals surface area contributed by atoms with E-state index in [4.69, 9.17) is 0 Å². The van der Waals surface area contributed by atoms with Gasteiger partial charge in [0.15, 0.2) is 0 Å². The number of aromatic nitrogens is 2. The number of anilines is 1. The van der Waals surface area contributed by atoms with Crippen LogP contribution >= 0.6 is 0 Å². The van der Waals surface area contributed by atoms with E-state index in [0.717, 1.165) is 18.8 Å². The minimum atomic E-state index is -0.675. The van der Waals surface area contributed by atoms with Gasteiger partial charge < -0.3 is 9.88 Å². The van der Waals surface area contributed by atoms with Crippen molar-refractivity contribution in [3.05, 3.63) is 62.7 Å². The molecule has 0 unspecified atom stereocenters. The molecule has 0 aliphatic heterocycles. The highest BCUT2D eigenvalue weighted by Gasteiger charge is 2.13. The van der Waals surface area contributed by atoms with Gasteiger partial charge in [-0.1, -0.05) is 13.0 Å². The molecule has 110 valence electrons. The topological polar surface area (TPSA) is 90.1 Å². The van der Waals surface area contributed by atoms with Crippen LogP contribution in [0.2, 0.25) is 0 Å². The molecule has 7 nitrogen and oxygen atoms in total. The highest BCUT2D eigenvalue weighted by Crippen LogP contribution is 2.07. The molecule has 2 heterocycles. The van der Waals surface area contributed by atoms with Crippen molar-refractivity contribution >= 4 is 11.5 Å². The summed E-state index contributed by atoms with van der Waals surface area (Å²) in [6.07, 6.45) is 2.50. The Morgan fingerprint density at radius 1 is 1.33 bits per heavy atom. The predicted octanol–water partition coefficient (Wildman–Crippen LogP) is 2.02. The van der Waals surface area contributed by atoms with Crippen LogP contribution in [0.25, 0.3) is 0 Å². The maximum absolute atomic E-state index is 11.9. The van der Waals surface area contributed by atoms with Gasteiger partial charge in [0.1, 0.15) is 5.82 Å². The van der Waals surface area contributed by atoms with E-state index in [1.807, 2.05) is 12.1 Å². The first-order valence-electron chi connectivity index (χ1n) is 6.65. The van der Waals surface area contributed by atoms with Crippen molar-refractivity contribution in [3.63, 3.8) is 0 Å². The first kappa shape index (κ1) is 14.7. The minimum Gasteiger partial charge on any atom is -0.370 e. The van der Waals surface area contributed by atoms with Crippen LogP contribution in [0, 0.1) is 10.1 Å². The largest absolute Gasteiger partial charge is 0.370 e. The van der Waals surface area contributed by atoms with E-state index in [2.05, 4.69) is 17.2 Å². The highest BCUT2D eigenvalue weighted by atomic mass is 16.6. The van der Waals surface area contributed by atoms with Crippen LogP contribution in [-0.4, -0.2) is 21.0 Å². The van der Waals surface area contributed by atoms with Gasteiger partial charge in [0, 0.05) is 18.8 Å². The van der Waals surface area contributed by atoms with Gasteiger partial charge in [-0.15, -0.1) is 0 Å². The van der Waals surface area contributed by atoms with Crippen LogP contribution in [0.1, 0.15) is 19.0 Å². The molecule has 0 aromatic carbocycles. The van der Waals surface area contributed by atoms with Crippen LogP contribution in [-0.2, 0) is 6.54 Å². The second kappa shape index (κ2) is 6.65. The molecule has 0 saturated carbocycles. The molecule has 1 N–H and O–H groups in total. The zero-order valence-corrected chi connectivity index (χ0v) is 11.7. The third kappa shape index (κ3) is 3.65. The van der Waals surface area contributed by atoms with Crippen molar-refractivity contribution < 1.29 is 4.92 Å². The van der Waals surface area contributed by atoms with E-state index in [0.29, 0.717) is 5.69 Å². The number of pyridine rings is 2. The number of nitrogens with one attached hydrogen (secondary N) is 1. The van der Waals surface area contributed by atoms with Crippen molar-refractivity contribution in [1.82, 2.24) is 9.55 Å². The lowest BCUT2D eigenvalue weighted by molar-refractivity contribution is -0.386. The summed E-state index contributed by atoms with van der Waals surface area (Å²) in [7, 11) is 0. The molecule has 0 aliphatic rings. The average molecular weight is 288 g/mol. The van der Waals surface area contributed by atoms with Crippen molar-refractivity contribution in [2.75, 3.05) is 11.9 Å². The second-order valence-corrected chi connectivity index (χ2v) is 4.52. The third-order valence-corrected chi connectivity index (χ3v) is 2.89. The number of rotatable bonds is 6. The first-order valence-corrected chi connectivity index (χ1v) is 6.65. The Balaban J connectivity index is 2.24. The third-order valence-electron chi connectivity index (χ3n) is 2.89. The molecule has 0 radical (unpaired) electrons.